The third kappa shape index (κ3) is 2.45. The number of anilines is 2. The van der Waals surface area contributed by atoms with Gasteiger partial charge in [0.1, 0.15) is 6.04 Å². The second-order valence-electron chi connectivity index (χ2n) is 6.11. The smallest absolute Gasteiger partial charge is 0.259 e. The van der Waals surface area contributed by atoms with Crippen molar-refractivity contribution in [1.82, 2.24) is 14.3 Å². The second-order valence-corrected chi connectivity index (χ2v) is 7.77. The van der Waals surface area contributed by atoms with Gasteiger partial charge in [-0.1, -0.05) is 12.1 Å². The number of aryl methyl sites for hydroxylation is 1. The van der Waals surface area contributed by atoms with Crippen molar-refractivity contribution in [3.05, 3.63) is 36.8 Å². The van der Waals surface area contributed by atoms with Crippen molar-refractivity contribution in [3.8, 4) is 0 Å². The van der Waals surface area contributed by atoms with Crippen LogP contribution in [0.25, 0.3) is 0 Å². The topological polar surface area (TPSA) is 96.3 Å². The minimum atomic E-state index is -3.70. The average molecular weight is 347 g/mol. The van der Waals surface area contributed by atoms with Crippen molar-refractivity contribution in [3.63, 3.8) is 0 Å². The number of aromatic nitrogens is 2. The maximum Gasteiger partial charge on any atom is 0.259 e. The van der Waals surface area contributed by atoms with Crippen LogP contribution in [0.1, 0.15) is 6.42 Å². The van der Waals surface area contributed by atoms with E-state index in [1.807, 2.05) is 29.2 Å². The van der Waals surface area contributed by atoms with Crippen LogP contribution in [0.4, 0.5) is 11.4 Å². The SMILES string of the molecule is Cn1cnc(S(=O)(=O)NC2CC3C(=O)Nc4ccccc4N3C2)c1. The second kappa shape index (κ2) is 5.32. The molecule has 2 aromatic rings. The number of nitrogens with one attached hydrogen (secondary N) is 2. The lowest BCUT2D eigenvalue weighted by Crippen LogP contribution is -2.44. The molecule has 1 aromatic carbocycles. The number of imidazole rings is 1. The Morgan fingerprint density at radius 2 is 2.12 bits per heavy atom. The monoisotopic (exact) mass is 347 g/mol. The molecule has 0 saturated carbocycles. The first-order valence-electron chi connectivity index (χ1n) is 7.61. The number of para-hydroxylation sites is 2. The molecular weight excluding hydrogens is 330 g/mol. The fourth-order valence-corrected chi connectivity index (χ4v) is 4.51. The van der Waals surface area contributed by atoms with Crippen molar-refractivity contribution >= 4 is 27.3 Å². The van der Waals surface area contributed by atoms with E-state index in [1.165, 1.54) is 12.5 Å². The third-order valence-electron chi connectivity index (χ3n) is 4.35. The van der Waals surface area contributed by atoms with Gasteiger partial charge in [-0.25, -0.2) is 18.1 Å². The zero-order valence-electron chi connectivity index (χ0n) is 13.0. The Balaban J connectivity index is 1.58. The minimum absolute atomic E-state index is 0.0141. The number of rotatable bonds is 3. The molecule has 9 heteroatoms. The molecule has 1 fully saturated rings. The summed E-state index contributed by atoms with van der Waals surface area (Å²) in [4.78, 5) is 18.1. The maximum absolute atomic E-state index is 12.4. The van der Waals surface area contributed by atoms with Gasteiger partial charge in [0, 0.05) is 25.8 Å². The molecule has 4 rings (SSSR count). The van der Waals surface area contributed by atoms with E-state index in [4.69, 9.17) is 0 Å². The molecule has 0 radical (unpaired) electrons. The van der Waals surface area contributed by atoms with Crippen LogP contribution in [0, 0.1) is 0 Å². The standard InChI is InChI=1S/C15H17N5O3S/c1-19-8-14(16-9-19)24(22,23)18-10-6-13-15(21)17-11-4-2-3-5-12(11)20(13)7-10/h2-5,8-10,13,18H,6-7H2,1H3,(H,17,21). The molecular formula is C15H17N5O3S. The molecule has 0 bridgehead atoms. The number of amides is 1. The number of sulfonamides is 1. The zero-order valence-corrected chi connectivity index (χ0v) is 13.8. The molecule has 0 spiro atoms. The average Bonchev–Trinajstić information content (AvgIpc) is 3.14. The molecule has 24 heavy (non-hydrogen) atoms. The molecule has 0 aliphatic carbocycles. The van der Waals surface area contributed by atoms with E-state index in [0.717, 1.165) is 11.4 Å². The van der Waals surface area contributed by atoms with Crippen molar-refractivity contribution < 1.29 is 13.2 Å². The fourth-order valence-electron chi connectivity index (χ4n) is 3.29. The summed E-state index contributed by atoms with van der Waals surface area (Å²) in [6, 6.07) is 6.82. The molecule has 1 saturated heterocycles. The Hall–Kier alpha value is -2.39. The molecule has 8 nitrogen and oxygen atoms in total. The minimum Gasteiger partial charge on any atom is -0.356 e. The van der Waals surface area contributed by atoms with E-state index < -0.39 is 10.0 Å². The van der Waals surface area contributed by atoms with E-state index in [9.17, 15) is 13.2 Å². The number of hydrogen-bond donors (Lipinski definition) is 2. The molecule has 2 N–H and O–H groups in total. The largest absolute Gasteiger partial charge is 0.356 e. The van der Waals surface area contributed by atoms with Crippen LogP contribution in [-0.2, 0) is 21.9 Å². The number of benzene rings is 1. The Morgan fingerprint density at radius 3 is 2.88 bits per heavy atom. The van der Waals surface area contributed by atoms with E-state index in [-0.39, 0.29) is 23.0 Å². The summed E-state index contributed by atoms with van der Waals surface area (Å²) in [7, 11) is -1.99. The van der Waals surface area contributed by atoms with Gasteiger partial charge in [-0.15, -0.1) is 0 Å². The summed E-state index contributed by atoms with van der Waals surface area (Å²) in [5, 5.41) is 2.86. The first kappa shape index (κ1) is 15.2. The molecule has 2 atom stereocenters. The highest BCUT2D eigenvalue weighted by Crippen LogP contribution is 2.36. The molecule has 3 heterocycles. The van der Waals surface area contributed by atoms with E-state index in [0.29, 0.717) is 13.0 Å². The van der Waals surface area contributed by atoms with Gasteiger partial charge in [0.2, 0.25) is 5.91 Å². The van der Waals surface area contributed by atoms with Crippen LogP contribution in [0.5, 0.6) is 0 Å². The van der Waals surface area contributed by atoms with Gasteiger partial charge in [-0.2, -0.15) is 0 Å². The van der Waals surface area contributed by atoms with E-state index in [1.54, 1.807) is 11.6 Å². The molecule has 1 amide bonds. The van der Waals surface area contributed by atoms with Gasteiger partial charge in [0.05, 0.1) is 17.7 Å². The summed E-state index contributed by atoms with van der Waals surface area (Å²) in [5.74, 6) is -0.103. The van der Waals surface area contributed by atoms with Gasteiger partial charge in [0.25, 0.3) is 10.0 Å². The van der Waals surface area contributed by atoms with Crippen LogP contribution in [0.2, 0.25) is 0 Å². The Labute approximate surface area is 139 Å². The van der Waals surface area contributed by atoms with Gasteiger partial charge >= 0.3 is 0 Å². The van der Waals surface area contributed by atoms with Crippen molar-refractivity contribution in [2.24, 2.45) is 7.05 Å². The van der Waals surface area contributed by atoms with Crippen molar-refractivity contribution in [2.75, 3.05) is 16.8 Å². The van der Waals surface area contributed by atoms with Crippen LogP contribution in [0.15, 0.2) is 41.8 Å². The first-order chi connectivity index (χ1) is 11.4. The Kier molecular flexibility index (Phi) is 3.36. The lowest BCUT2D eigenvalue weighted by Gasteiger charge is -2.32. The van der Waals surface area contributed by atoms with Crippen LogP contribution in [-0.4, -0.2) is 42.5 Å². The zero-order chi connectivity index (χ0) is 16.9. The predicted octanol–water partition coefficient (Wildman–Crippen LogP) is 0.298. The van der Waals surface area contributed by atoms with Gasteiger partial charge in [-0.05, 0) is 18.6 Å². The lowest BCUT2D eigenvalue weighted by atomic mass is 10.1. The number of nitrogens with zero attached hydrogens (tertiary/aromatic N) is 3. The summed E-state index contributed by atoms with van der Waals surface area (Å²) in [6.45, 7) is 0.446. The highest BCUT2D eigenvalue weighted by atomic mass is 32.2. The van der Waals surface area contributed by atoms with Crippen LogP contribution >= 0.6 is 0 Å². The third-order valence-corrected chi connectivity index (χ3v) is 5.76. The highest BCUT2D eigenvalue weighted by Gasteiger charge is 2.42. The molecule has 2 aliphatic rings. The number of carbonyl (C=O) groups is 1. The predicted molar refractivity (Wildman–Crippen MR) is 88.1 cm³/mol. The van der Waals surface area contributed by atoms with E-state index >= 15 is 0 Å². The summed E-state index contributed by atoms with van der Waals surface area (Å²) < 4.78 is 29.1. The molecule has 2 unspecified atom stereocenters. The first-order valence-corrected chi connectivity index (χ1v) is 9.09. The van der Waals surface area contributed by atoms with Gasteiger partial charge in [0.15, 0.2) is 5.03 Å². The summed E-state index contributed by atoms with van der Waals surface area (Å²) in [6.07, 6.45) is 3.31. The quantitative estimate of drug-likeness (QED) is 0.832. The van der Waals surface area contributed by atoms with Crippen LogP contribution in [0.3, 0.4) is 0 Å². The Morgan fingerprint density at radius 1 is 1.33 bits per heavy atom. The maximum atomic E-state index is 12.4. The lowest BCUT2D eigenvalue weighted by molar-refractivity contribution is -0.117. The molecule has 2 aliphatic heterocycles. The number of hydrogen-bond acceptors (Lipinski definition) is 5. The van der Waals surface area contributed by atoms with Gasteiger partial charge in [-0.3, -0.25) is 4.79 Å². The fraction of sp³-hybridized carbons (Fsp3) is 0.333. The van der Waals surface area contributed by atoms with Crippen molar-refractivity contribution in [1.29, 1.82) is 0 Å². The van der Waals surface area contributed by atoms with Crippen molar-refractivity contribution in [2.45, 2.75) is 23.5 Å². The summed E-state index contributed by atoms with van der Waals surface area (Å²) in [5.41, 5.74) is 1.67. The summed E-state index contributed by atoms with van der Waals surface area (Å²) >= 11 is 0. The number of fused-ring (bicyclic) bond motifs is 3. The van der Waals surface area contributed by atoms with Crippen LogP contribution < -0.4 is 14.9 Å². The Bertz CT molecular complexity index is 907. The number of carbonyl (C=O) groups excluding carboxylic acids is 1. The molecule has 1 aromatic heterocycles. The molecule has 126 valence electrons. The van der Waals surface area contributed by atoms with Gasteiger partial charge < -0.3 is 14.8 Å². The normalized spacial score (nSPS) is 22.9. The van der Waals surface area contributed by atoms with E-state index in [2.05, 4.69) is 15.0 Å². The highest BCUT2D eigenvalue weighted by molar-refractivity contribution is 7.89.